The lowest BCUT2D eigenvalue weighted by molar-refractivity contribution is 0.0746. The third kappa shape index (κ3) is 3.00. The van der Waals surface area contributed by atoms with Crippen LogP contribution >= 0.6 is 0 Å². The average molecular weight is 336 g/mol. The number of hydrogen-bond donors (Lipinski definition) is 1. The first-order chi connectivity index (χ1) is 12.2. The first kappa shape index (κ1) is 15.4. The topological polar surface area (TPSA) is 70.1 Å². The molecule has 25 heavy (non-hydrogen) atoms. The van der Waals surface area contributed by atoms with Crippen molar-refractivity contribution in [1.82, 2.24) is 24.6 Å². The van der Waals surface area contributed by atoms with Crippen molar-refractivity contribution >= 4 is 11.9 Å². The number of para-hydroxylation sites is 1. The minimum absolute atomic E-state index is 0.0649. The van der Waals surface area contributed by atoms with E-state index in [1.807, 2.05) is 65.2 Å². The number of anilines is 1. The third-order valence-corrected chi connectivity index (χ3v) is 4.45. The van der Waals surface area contributed by atoms with Crippen LogP contribution in [-0.4, -0.2) is 56.7 Å². The number of aryl methyl sites for hydroxylation is 1. The molecule has 3 aromatic rings. The van der Waals surface area contributed by atoms with Crippen molar-refractivity contribution in [2.24, 2.45) is 0 Å². The number of piperazine rings is 1. The molecule has 1 fully saturated rings. The van der Waals surface area contributed by atoms with Gasteiger partial charge in [-0.1, -0.05) is 12.1 Å². The zero-order valence-corrected chi connectivity index (χ0v) is 14.1. The van der Waals surface area contributed by atoms with E-state index in [1.165, 1.54) is 0 Å². The molecule has 1 aliphatic heterocycles. The SMILES string of the molecule is Cc1nc(N2CCN(C(=O)c3ccccc3-n3cccc3)CC2)n[nH]1. The normalized spacial score (nSPS) is 14.8. The zero-order chi connectivity index (χ0) is 17.2. The molecule has 1 aliphatic rings. The lowest BCUT2D eigenvalue weighted by Gasteiger charge is -2.34. The highest BCUT2D eigenvalue weighted by molar-refractivity contribution is 5.98. The summed E-state index contributed by atoms with van der Waals surface area (Å²) < 4.78 is 1.97. The van der Waals surface area contributed by atoms with Crippen LogP contribution in [0.4, 0.5) is 5.95 Å². The Bertz CT molecular complexity index is 861. The van der Waals surface area contributed by atoms with Crippen LogP contribution in [0.2, 0.25) is 0 Å². The Morgan fingerprint density at radius 3 is 2.44 bits per heavy atom. The first-order valence-electron chi connectivity index (χ1n) is 8.38. The molecule has 0 unspecified atom stereocenters. The van der Waals surface area contributed by atoms with Crippen LogP contribution < -0.4 is 4.90 Å². The molecule has 1 N–H and O–H groups in total. The average Bonchev–Trinajstić information content (AvgIpc) is 3.33. The maximum Gasteiger partial charge on any atom is 0.256 e. The summed E-state index contributed by atoms with van der Waals surface area (Å²) in [6, 6.07) is 11.6. The van der Waals surface area contributed by atoms with E-state index in [9.17, 15) is 4.79 Å². The molecule has 4 rings (SSSR count). The molecular weight excluding hydrogens is 316 g/mol. The number of carbonyl (C=O) groups is 1. The summed E-state index contributed by atoms with van der Waals surface area (Å²) in [4.78, 5) is 21.4. The van der Waals surface area contributed by atoms with Crippen molar-refractivity contribution in [3.05, 3.63) is 60.2 Å². The molecule has 1 aromatic carbocycles. The molecule has 0 spiro atoms. The van der Waals surface area contributed by atoms with Gasteiger partial charge >= 0.3 is 0 Å². The van der Waals surface area contributed by atoms with Gasteiger partial charge in [0.15, 0.2) is 0 Å². The van der Waals surface area contributed by atoms with Gasteiger partial charge in [-0.25, -0.2) is 0 Å². The number of aromatic amines is 1. The Labute approximate surface area is 145 Å². The highest BCUT2D eigenvalue weighted by Crippen LogP contribution is 2.19. The van der Waals surface area contributed by atoms with Crippen molar-refractivity contribution in [3.63, 3.8) is 0 Å². The smallest absolute Gasteiger partial charge is 0.256 e. The fourth-order valence-corrected chi connectivity index (χ4v) is 3.13. The predicted octanol–water partition coefficient (Wildman–Crippen LogP) is 1.87. The number of benzene rings is 1. The van der Waals surface area contributed by atoms with Gasteiger partial charge in [0.25, 0.3) is 5.91 Å². The highest BCUT2D eigenvalue weighted by Gasteiger charge is 2.25. The number of hydrogen-bond acceptors (Lipinski definition) is 4. The van der Waals surface area contributed by atoms with Crippen LogP contribution in [0.1, 0.15) is 16.2 Å². The molecule has 0 bridgehead atoms. The number of nitrogens with one attached hydrogen (secondary N) is 1. The summed E-state index contributed by atoms with van der Waals surface area (Å²) in [5, 5.41) is 7.06. The van der Waals surface area contributed by atoms with E-state index < -0.39 is 0 Å². The molecule has 128 valence electrons. The fraction of sp³-hybridized carbons (Fsp3) is 0.278. The van der Waals surface area contributed by atoms with Crippen molar-refractivity contribution in [1.29, 1.82) is 0 Å². The number of amides is 1. The molecule has 7 nitrogen and oxygen atoms in total. The summed E-state index contributed by atoms with van der Waals surface area (Å²) in [7, 11) is 0. The Morgan fingerprint density at radius 2 is 1.76 bits per heavy atom. The molecule has 0 saturated carbocycles. The van der Waals surface area contributed by atoms with Crippen molar-refractivity contribution in [2.75, 3.05) is 31.1 Å². The molecule has 7 heteroatoms. The van der Waals surface area contributed by atoms with Crippen LogP contribution in [0.15, 0.2) is 48.8 Å². The number of H-pyrrole nitrogens is 1. The van der Waals surface area contributed by atoms with E-state index in [2.05, 4.69) is 20.1 Å². The summed E-state index contributed by atoms with van der Waals surface area (Å²) in [6.45, 7) is 4.66. The van der Waals surface area contributed by atoms with E-state index in [4.69, 9.17) is 0 Å². The van der Waals surface area contributed by atoms with Crippen molar-refractivity contribution in [2.45, 2.75) is 6.92 Å². The highest BCUT2D eigenvalue weighted by atomic mass is 16.2. The summed E-state index contributed by atoms with van der Waals surface area (Å²) in [5.74, 6) is 1.57. The van der Waals surface area contributed by atoms with Gasteiger partial charge in [-0.3, -0.25) is 9.89 Å². The van der Waals surface area contributed by atoms with Crippen LogP contribution in [0, 0.1) is 6.92 Å². The van der Waals surface area contributed by atoms with Gasteiger partial charge in [0.05, 0.1) is 11.3 Å². The second-order valence-corrected chi connectivity index (χ2v) is 6.11. The van der Waals surface area contributed by atoms with Gasteiger partial charge in [0.1, 0.15) is 5.82 Å². The summed E-state index contributed by atoms with van der Waals surface area (Å²) >= 11 is 0. The number of nitrogens with zero attached hydrogens (tertiary/aromatic N) is 5. The van der Waals surface area contributed by atoms with E-state index in [-0.39, 0.29) is 5.91 Å². The molecule has 0 atom stereocenters. The molecular formula is C18H20N6O. The second-order valence-electron chi connectivity index (χ2n) is 6.11. The van der Waals surface area contributed by atoms with E-state index in [0.717, 1.165) is 30.2 Å². The summed E-state index contributed by atoms with van der Waals surface area (Å²) in [6.07, 6.45) is 3.91. The molecule has 2 aromatic heterocycles. The lowest BCUT2D eigenvalue weighted by atomic mass is 10.1. The molecule has 3 heterocycles. The Hall–Kier alpha value is -3.09. The van der Waals surface area contributed by atoms with Gasteiger partial charge in [0, 0.05) is 38.6 Å². The second kappa shape index (κ2) is 6.43. The quantitative estimate of drug-likeness (QED) is 0.793. The van der Waals surface area contributed by atoms with Crippen molar-refractivity contribution in [3.8, 4) is 5.69 Å². The molecule has 1 amide bonds. The lowest BCUT2D eigenvalue weighted by Crippen LogP contribution is -2.49. The van der Waals surface area contributed by atoms with Gasteiger partial charge < -0.3 is 14.4 Å². The standard InChI is InChI=1S/C18H20N6O/c1-14-19-18(21-20-14)24-12-10-23(11-13-24)17(25)15-6-2-3-7-16(15)22-8-4-5-9-22/h2-9H,10-13H2,1H3,(H,19,20,21). The van der Waals surface area contributed by atoms with Crippen molar-refractivity contribution < 1.29 is 4.79 Å². The van der Waals surface area contributed by atoms with E-state index in [0.29, 0.717) is 19.0 Å². The maximum atomic E-state index is 13.0. The van der Waals surface area contributed by atoms with Crippen LogP contribution in [0.5, 0.6) is 0 Å². The van der Waals surface area contributed by atoms with Gasteiger partial charge in [0.2, 0.25) is 5.95 Å². The van der Waals surface area contributed by atoms with Crippen LogP contribution in [-0.2, 0) is 0 Å². The zero-order valence-electron chi connectivity index (χ0n) is 14.1. The van der Waals surface area contributed by atoms with E-state index >= 15 is 0 Å². The van der Waals surface area contributed by atoms with Gasteiger partial charge in [-0.15, -0.1) is 5.10 Å². The Morgan fingerprint density at radius 1 is 1.04 bits per heavy atom. The maximum absolute atomic E-state index is 13.0. The minimum atomic E-state index is 0.0649. The predicted molar refractivity (Wildman–Crippen MR) is 95.0 cm³/mol. The molecule has 0 aliphatic carbocycles. The van der Waals surface area contributed by atoms with Crippen LogP contribution in [0.25, 0.3) is 5.69 Å². The monoisotopic (exact) mass is 336 g/mol. The largest absolute Gasteiger partial charge is 0.336 e. The number of carbonyl (C=O) groups excluding carboxylic acids is 1. The summed E-state index contributed by atoms with van der Waals surface area (Å²) in [5.41, 5.74) is 1.63. The number of rotatable bonds is 3. The minimum Gasteiger partial charge on any atom is -0.336 e. The van der Waals surface area contributed by atoms with Gasteiger partial charge in [-0.05, 0) is 31.2 Å². The number of aromatic nitrogens is 4. The van der Waals surface area contributed by atoms with E-state index in [1.54, 1.807) is 0 Å². The van der Waals surface area contributed by atoms with Crippen LogP contribution in [0.3, 0.4) is 0 Å². The van der Waals surface area contributed by atoms with Gasteiger partial charge in [-0.2, -0.15) is 4.98 Å². The fourth-order valence-electron chi connectivity index (χ4n) is 3.13. The third-order valence-electron chi connectivity index (χ3n) is 4.45. The Balaban J connectivity index is 1.50. The molecule has 1 saturated heterocycles. The Kier molecular flexibility index (Phi) is 3.97. The first-order valence-corrected chi connectivity index (χ1v) is 8.38. The molecule has 0 radical (unpaired) electrons.